The molecule has 0 aliphatic carbocycles. The number of nitrogens with zero attached hydrogens (tertiary/aromatic N) is 4. The number of hydrogen-bond donors (Lipinski definition) is 0. The van der Waals surface area contributed by atoms with Crippen molar-refractivity contribution < 1.29 is 4.92 Å². The van der Waals surface area contributed by atoms with Crippen molar-refractivity contribution in [1.29, 1.82) is 0 Å². The molecule has 0 aromatic carbocycles. The van der Waals surface area contributed by atoms with Gasteiger partial charge in [0.15, 0.2) is 0 Å². The maximum atomic E-state index is 10.4. The highest BCUT2D eigenvalue weighted by Crippen LogP contribution is 2.06. The first-order chi connectivity index (χ1) is 6.11. The Labute approximate surface area is 88.1 Å². The van der Waals surface area contributed by atoms with Gasteiger partial charge in [0, 0.05) is 6.54 Å². The van der Waals surface area contributed by atoms with Crippen molar-refractivity contribution in [2.75, 3.05) is 20.6 Å². The molecule has 7 heteroatoms. The molecule has 0 radical (unpaired) electrons. The average Bonchev–Trinajstić information content (AvgIpc) is 2.47. The summed E-state index contributed by atoms with van der Waals surface area (Å²) in [6.45, 7) is 1.35. The number of rotatable bonds is 4. The first kappa shape index (κ1) is 12.9. The van der Waals surface area contributed by atoms with Crippen molar-refractivity contribution in [3.8, 4) is 0 Å². The minimum absolute atomic E-state index is 0. The number of aromatic nitrogens is 2. The Kier molecular flexibility index (Phi) is 5.11. The third kappa shape index (κ3) is 3.31. The maximum absolute atomic E-state index is 10.4. The summed E-state index contributed by atoms with van der Waals surface area (Å²) in [5.41, 5.74) is 0. The highest BCUT2D eigenvalue weighted by Gasteiger charge is 2.12. The topological polar surface area (TPSA) is 64.2 Å². The van der Waals surface area contributed by atoms with Crippen LogP contribution in [-0.2, 0) is 6.54 Å². The summed E-state index contributed by atoms with van der Waals surface area (Å²) >= 11 is 0. The van der Waals surface area contributed by atoms with E-state index in [0.29, 0.717) is 6.54 Å². The minimum Gasteiger partial charge on any atom is -0.390 e. The highest BCUT2D eigenvalue weighted by molar-refractivity contribution is 5.85. The molecule has 0 unspecified atom stereocenters. The molecule has 6 nitrogen and oxygen atoms in total. The lowest BCUT2D eigenvalue weighted by atomic mass is 10.5. The van der Waals surface area contributed by atoms with Crippen LogP contribution in [0.15, 0.2) is 12.4 Å². The molecule has 0 N–H and O–H groups in total. The molecule has 0 atom stereocenters. The van der Waals surface area contributed by atoms with Crippen molar-refractivity contribution in [1.82, 2.24) is 14.5 Å². The van der Waals surface area contributed by atoms with E-state index in [2.05, 4.69) is 4.98 Å². The summed E-state index contributed by atoms with van der Waals surface area (Å²) in [5, 5.41) is 10.4. The summed E-state index contributed by atoms with van der Waals surface area (Å²) in [4.78, 5) is 15.6. The fourth-order valence-corrected chi connectivity index (χ4v) is 0.956. The Morgan fingerprint density at radius 1 is 1.64 bits per heavy atom. The van der Waals surface area contributed by atoms with Crippen LogP contribution in [0, 0.1) is 10.1 Å². The monoisotopic (exact) mass is 220 g/mol. The normalized spacial score (nSPS) is 9.93. The van der Waals surface area contributed by atoms with E-state index in [1.54, 1.807) is 6.20 Å². The highest BCUT2D eigenvalue weighted by atomic mass is 35.5. The van der Waals surface area contributed by atoms with Gasteiger partial charge >= 0.3 is 5.95 Å². The predicted octanol–water partition coefficient (Wildman–Crippen LogP) is 0.775. The lowest BCUT2D eigenvalue weighted by molar-refractivity contribution is -0.396. The van der Waals surface area contributed by atoms with Gasteiger partial charge in [0.1, 0.15) is 12.4 Å². The van der Waals surface area contributed by atoms with E-state index in [1.165, 1.54) is 10.8 Å². The van der Waals surface area contributed by atoms with E-state index in [1.807, 2.05) is 19.0 Å². The molecule has 0 saturated heterocycles. The number of halogens is 1. The van der Waals surface area contributed by atoms with Gasteiger partial charge in [-0.3, -0.25) is 0 Å². The fourth-order valence-electron chi connectivity index (χ4n) is 0.956. The van der Waals surface area contributed by atoms with Gasteiger partial charge in [-0.2, -0.15) is 0 Å². The van der Waals surface area contributed by atoms with Crippen LogP contribution in [0.5, 0.6) is 0 Å². The Hall–Kier alpha value is -1.14. The van der Waals surface area contributed by atoms with Gasteiger partial charge in [-0.05, 0) is 19.0 Å². The Morgan fingerprint density at radius 3 is 2.79 bits per heavy atom. The number of likely N-dealkylation sites (N-methyl/N-ethyl adjacent to an activating group) is 1. The van der Waals surface area contributed by atoms with E-state index in [-0.39, 0.29) is 18.4 Å². The van der Waals surface area contributed by atoms with Gasteiger partial charge < -0.3 is 15.0 Å². The zero-order chi connectivity index (χ0) is 9.84. The molecular formula is C7H13ClN4O2. The average molecular weight is 221 g/mol. The quantitative estimate of drug-likeness (QED) is 0.556. The van der Waals surface area contributed by atoms with Gasteiger partial charge in [0.25, 0.3) is 0 Å². The molecule has 0 amide bonds. The first-order valence-corrected chi connectivity index (χ1v) is 3.91. The molecule has 0 spiro atoms. The summed E-state index contributed by atoms with van der Waals surface area (Å²) in [7, 11) is 3.84. The molecule has 0 bridgehead atoms. The summed E-state index contributed by atoms with van der Waals surface area (Å²) in [5.74, 6) is -0.0955. The van der Waals surface area contributed by atoms with E-state index in [0.717, 1.165) is 6.54 Å². The van der Waals surface area contributed by atoms with Crippen LogP contribution in [0.3, 0.4) is 0 Å². The zero-order valence-corrected chi connectivity index (χ0v) is 8.90. The number of imidazole rings is 1. The maximum Gasteiger partial charge on any atom is 0.434 e. The molecule has 1 rings (SSSR count). The van der Waals surface area contributed by atoms with Gasteiger partial charge in [0.05, 0.1) is 6.54 Å². The van der Waals surface area contributed by atoms with E-state index < -0.39 is 4.92 Å². The third-order valence-electron chi connectivity index (χ3n) is 1.64. The van der Waals surface area contributed by atoms with Crippen molar-refractivity contribution in [2.45, 2.75) is 6.54 Å². The van der Waals surface area contributed by atoms with Crippen LogP contribution < -0.4 is 0 Å². The lowest BCUT2D eigenvalue weighted by Gasteiger charge is -2.07. The van der Waals surface area contributed by atoms with Crippen LogP contribution in [0.4, 0.5) is 5.95 Å². The third-order valence-corrected chi connectivity index (χ3v) is 1.64. The van der Waals surface area contributed by atoms with Crippen LogP contribution >= 0.6 is 12.4 Å². The Bertz CT molecular complexity index is 300. The molecule has 0 aliphatic heterocycles. The van der Waals surface area contributed by atoms with Crippen LogP contribution in [0.2, 0.25) is 0 Å². The molecule has 1 aromatic rings. The second-order valence-corrected chi connectivity index (χ2v) is 2.98. The predicted molar refractivity (Wildman–Crippen MR) is 54.7 cm³/mol. The van der Waals surface area contributed by atoms with E-state index in [4.69, 9.17) is 0 Å². The molecule has 0 fully saturated rings. The summed E-state index contributed by atoms with van der Waals surface area (Å²) in [6, 6.07) is 0. The number of hydrogen-bond acceptors (Lipinski definition) is 4. The number of nitro groups is 1. The summed E-state index contributed by atoms with van der Waals surface area (Å²) < 4.78 is 1.53. The van der Waals surface area contributed by atoms with Crippen molar-refractivity contribution >= 4 is 18.4 Å². The SMILES string of the molecule is CN(C)CCn1ccnc1[N+](=O)[O-].Cl. The smallest absolute Gasteiger partial charge is 0.390 e. The van der Waals surface area contributed by atoms with Gasteiger partial charge in [-0.15, -0.1) is 12.4 Å². The molecule has 80 valence electrons. The van der Waals surface area contributed by atoms with Crippen LogP contribution in [0.1, 0.15) is 0 Å². The lowest BCUT2D eigenvalue weighted by Crippen LogP contribution is -2.18. The Morgan fingerprint density at radius 2 is 2.29 bits per heavy atom. The minimum atomic E-state index is -0.477. The van der Waals surface area contributed by atoms with E-state index >= 15 is 0 Å². The molecule has 0 saturated carbocycles. The Balaban J connectivity index is 0.00000169. The second kappa shape index (κ2) is 5.56. The van der Waals surface area contributed by atoms with Gasteiger partial charge in [0.2, 0.25) is 0 Å². The van der Waals surface area contributed by atoms with Crippen LogP contribution in [-0.4, -0.2) is 40.0 Å². The molecule has 1 heterocycles. The van der Waals surface area contributed by atoms with Crippen molar-refractivity contribution in [3.63, 3.8) is 0 Å². The standard InChI is InChI=1S/C7H12N4O2.ClH/c1-9(2)5-6-10-4-3-8-7(10)11(12)13;/h3-4H,5-6H2,1-2H3;1H. The van der Waals surface area contributed by atoms with Crippen LogP contribution in [0.25, 0.3) is 0 Å². The van der Waals surface area contributed by atoms with E-state index in [9.17, 15) is 10.1 Å². The molecule has 0 aliphatic rings. The fraction of sp³-hybridized carbons (Fsp3) is 0.571. The van der Waals surface area contributed by atoms with Crippen molar-refractivity contribution in [3.05, 3.63) is 22.5 Å². The van der Waals surface area contributed by atoms with Gasteiger partial charge in [-0.25, -0.2) is 4.57 Å². The molecular weight excluding hydrogens is 208 g/mol. The molecule has 1 aromatic heterocycles. The zero-order valence-electron chi connectivity index (χ0n) is 8.08. The summed E-state index contributed by atoms with van der Waals surface area (Å²) in [6.07, 6.45) is 3.05. The largest absolute Gasteiger partial charge is 0.434 e. The molecule has 14 heavy (non-hydrogen) atoms. The second-order valence-electron chi connectivity index (χ2n) is 2.98. The van der Waals surface area contributed by atoms with Crippen molar-refractivity contribution in [2.24, 2.45) is 0 Å². The first-order valence-electron chi connectivity index (χ1n) is 3.91. The van der Waals surface area contributed by atoms with Gasteiger partial charge in [-0.1, -0.05) is 4.98 Å².